The lowest BCUT2D eigenvalue weighted by molar-refractivity contribution is -0.119. The van der Waals surface area contributed by atoms with Crippen molar-refractivity contribution in [2.75, 3.05) is 12.4 Å². The van der Waals surface area contributed by atoms with Crippen LogP contribution in [0.4, 0.5) is 5.13 Å². The number of hydrogen-bond acceptors (Lipinski definition) is 6. The Morgan fingerprint density at radius 3 is 2.52 bits per heavy atom. The van der Waals surface area contributed by atoms with E-state index in [1.807, 2.05) is 38.1 Å². The van der Waals surface area contributed by atoms with E-state index in [2.05, 4.69) is 36.8 Å². The van der Waals surface area contributed by atoms with Crippen LogP contribution in [0.1, 0.15) is 30.6 Å². The molecule has 0 saturated heterocycles. The molecule has 0 radical (unpaired) electrons. The molecular formula is C22H23BrN4O3S. The van der Waals surface area contributed by atoms with Crippen LogP contribution in [-0.2, 0) is 4.79 Å². The molecule has 7 nitrogen and oxygen atoms in total. The molecule has 0 aliphatic carbocycles. The molecule has 3 rings (SSSR count). The molecule has 0 saturated carbocycles. The van der Waals surface area contributed by atoms with Gasteiger partial charge in [0, 0.05) is 10.0 Å². The van der Waals surface area contributed by atoms with Gasteiger partial charge in [0.1, 0.15) is 16.8 Å². The van der Waals surface area contributed by atoms with Gasteiger partial charge in [-0.2, -0.15) is 0 Å². The van der Waals surface area contributed by atoms with Gasteiger partial charge in [-0.3, -0.25) is 14.9 Å². The molecule has 2 unspecified atom stereocenters. The fourth-order valence-electron chi connectivity index (χ4n) is 2.92. The molecule has 2 amide bonds. The number of aromatic nitrogens is 2. The largest absolute Gasteiger partial charge is 0.496 e. The number of para-hydroxylation sites is 1. The molecule has 9 heteroatoms. The second kappa shape index (κ2) is 10.5. The zero-order valence-electron chi connectivity index (χ0n) is 17.4. The molecule has 0 fully saturated rings. The molecule has 0 aliphatic heterocycles. The number of amides is 2. The zero-order chi connectivity index (χ0) is 22.4. The monoisotopic (exact) mass is 502 g/mol. The average Bonchev–Trinajstić information content (AvgIpc) is 3.25. The molecule has 2 N–H and O–H groups in total. The Labute approximate surface area is 193 Å². The molecule has 1 aromatic heterocycles. The first-order valence-electron chi connectivity index (χ1n) is 9.77. The van der Waals surface area contributed by atoms with Gasteiger partial charge >= 0.3 is 0 Å². The predicted octanol–water partition coefficient (Wildman–Crippen LogP) is 4.76. The van der Waals surface area contributed by atoms with Crippen LogP contribution in [0.2, 0.25) is 0 Å². The fourth-order valence-corrected chi connectivity index (χ4v) is 3.94. The number of hydrogen-bond donors (Lipinski definition) is 2. The van der Waals surface area contributed by atoms with Crippen molar-refractivity contribution in [3.05, 3.63) is 58.6 Å². The smallest absolute Gasteiger partial charge is 0.255 e. The number of anilines is 1. The third-order valence-electron chi connectivity index (χ3n) is 4.88. The fraction of sp³-hybridized carbons (Fsp3) is 0.273. The number of halogens is 1. The van der Waals surface area contributed by atoms with Crippen molar-refractivity contribution in [1.82, 2.24) is 15.5 Å². The molecule has 0 aliphatic rings. The molecule has 2 atom stereocenters. The Morgan fingerprint density at radius 1 is 1.13 bits per heavy atom. The summed E-state index contributed by atoms with van der Waals surface area (Å²) in [5.74, 6) is -0.342. The Hall–Kier alpha value is -2.78. The Kier molecular flexibility index (Phi) is 7.75. The SMILES string of the molecule is CCC(C)C(NC(=O)c1ccccc1OC)C(=O)Nc1nnc(-c2ccc(Br)cc2)s1. The van der Waals surface area contributed by atoms with Crippen molar-refractivity contribution >= 4 is 44.2 Å². The molecule has 1 heterocycles. The van der Waals surface area contributed by atoms with E-state index in [-0.39, 0.29) is 17.7 Å². The van der Waals surface area contributed by atoms with Crippen molar-refractivity contribution < 1.29 is 14.3 Å². The average molecular weight is 503 g/mol. The van der Waals surface area contributed by atoms with E-state index in [0.29, 0.717) is 27.9 Å². The van der Waals surface area contributed by atoms with Crippen molar-refractivity contribution in [3.8, 4) is 16.3 Å². The first-order chi connectivity index (χ1) is 14.9. The molecule has 2 aromatic carbocycles. The molecule has 0 bridgehead atoms. The lowest BCUT2D eigenvalue weighted by atomic mass is 9.98. The van der Waals surface area contributed by atoms with Crippen LogP contribution in [0.5, 0.6) is 5.75 Å². The van der Waals surface area contributed by atoms with E-state index in [9.17, 15) is 9.59 Å². The van der Waals surface area contributed by atoms with Gasteiger partial charge in [-0.25, -0.2) is 0 Å². The number of methoxy groups -OCH3 is 1. The van der Waals surface area contributed by atoms with Gasteiger partial charge in [-0.1, -0.05) is 71.8 Å². The highest BCUT2D eigenvalue weighted by Crippen LogP contribution is 2.28. The second-order valence-corrected chi connectivity index (χ2v) is 8.84. The normalized spacial score (nSPS) is 12.6. The van der Waals surface area contributed by atoms with E-state index in [1.54, 1.807) is 24.3 Å². The van der Waals surface area contributed by atoms with Gasteiger partial charge in [0.15, 0.2) is 0 Å². The van der Waals surface area contributed by atoms with E-state index >= 15 is 0 Å². The quantitative estimate of drug-likeness (QED) is 0.463. The van der Waals surface area contributed by atoms with Gasteiger partial charge in [-0.15, -0.1) is 10.2 Å². The van der Waals surface area contributed by atoms with Crippen LogP contribution >= 0.6 is 27.3 Å². The summed E-state index contributed by atoms with van der Waals surface area (Å²) in [6, 6.07) is 13.9. The summed E-state index contributed by atoms with van der Waals surface area (Å²) >= 11 is 4.68. The summed E-state index contributed by atoms with van der Waals surface area (Å²) in [6.45, 7) is 3.89. The molecular weight excluding hydrogens is 480 g/mol. The number of benzene rings is 2. The van der Waals surface area contributed by atoms with Crippen LogP contribution in [0.3, 0.4) is 0 Å². The van der Waals surface area contributed by atoms with Crippen LogP contribution in [0.25, 0.3) is 10.6 Å². The maximum atomic E-state index is 13.0. The molecule has 3 aromatic rings. The number of carbonyl (C=O) groups excluding carboxylic acids is 2. The highest BCUT2D eigenvalue weighted by Gasteiger charge is 2.28. The topological polar surface area (TPSA) is 93.2 Å². The third kappa shape index (κ3) is 5.68. The van der Waals surface area contributed by atoms with E-state index in [0.717, 1.165) is 10.0 Å². The Morgan fingerprint density at radius 2 is 1.84 bits per heavy atom. The standard InChI is InChI=1S/C22H23BrN4O3S/c1-4-13(2)18(24-19(28)16-7-5-6-8-17(16)30-3)20(29)25-22-27-26-21(31-22)14-9-11-15(23)12-10-14/h5-13,18H,4H2,1-3H3,(H,24,28)(H,25,27,29). The van der Waals surface area contributed by atoms with Crippen molar-refractivity contribution in [2.45, 2.75) is 26.3 Å². The lowest BCUT2D eigenvalue weighted by Gasteiger charge is -2.23. The van der Waals surface area contributed by atoms with Crippen LogP contribution < -0.4 is 15.4 Å². The first-order valence-corrected chi connectivity index (χ1v) is 11.4. The summed E-state index contributed by atoms with van der Waals surface area (Å²) in [5, 5.41) is 15.0. The number of ether oxygens (including phenoxy) is 1. The number of rotatable bonds is 8. The van der Waals surface area contributed by atoms with E-state index < -0.39 is 6.04 Å². The second-order valence-electron chi connectivity index (χ2n) is 6.95. The number of carbonyl (C=O) groups is 2. The minimum Gasteiger partial charge on any atom is -0.496 e. The van der Waals surface area contributed by atoms with Crippen LogP contribution in [0, 0.1) is 5.92 Å². The molecule has 0 spiro atoms. The Balaban J connectivity index is 1.74. The maximum absolute atomic E-state index is 13.0. The summed E-state index contributed by atoms with van der Waals surface area (Å²) in [6.07, 6.45) is 0.713. The summed E-state index contributed by atoms with van der Waals surface area (Å²) in [5.41, 5.74) is 1.28. The summed E-state index contributed by atoms with van der Waals surface area (Å²) < 4.78 is 6.23. The third-order valence-corrected chi connectivity index (χ3v) is 6.30. The zero-order valence-corrected chi connectivity index (χ0v) is 19.8. The van der Waals surface area contributed by atoms with Gasteiger partial charge in [-0.05, 0) is 30.2 Å². The number of nitrogens with zero attached hydrogens (tertiary/aromatic N) is 2. The highest BCUT2D eigenvalue weighted by atomic mass is 79.9. The van der Waals surface area contributed by atoms with Gasteiger partial charge in [0.25, 0.3) is 5.91 Å². The van der Waals surface area contributed by atoms with Crippen LogP contribution in [-0.4, -0.2) is 35.2 Å². The van der Waals surface area contributed by atoms with Gasteiger partial charge in [0.05, 0.1) is 12.7 Å². The van der Waals surface area contributed by atoms with Gasteiger partial charge in [0.2, 0.25) is 11.0 Å². The van der Waals surface area contributed by atoms with Gasteiger partial charge < -0.3 is 10.1 Å². The predicted molar refractivity (Wildman–Crippen MR) is 125 cm³/mol. The molecule has 31 heavy (non-hydrogen) atoms. The lowest BCUT2D eigenvalue weighted by Crippen LogP contribution is -2.47. The summed E-state index contributed by atoms with van der Waals surface area (Å²) in [7, 11) is 1.50. The van der Waals surface area contributed by atoms with Crippen LogP contribution in [0.15, 0.2) is 53.0 Å². The minimum atomic E-state index is -0.734. The highest BCUT2D eigenvalue weighted by molar-refractivity contribution is 9.10. The number of nitrogens with one attached hydrogen (secondary N) is 2. The minimum absolute atomic E-state index is 0.0856. The molecule has 162 valence electrons. The van der Waals surface area contributed by atoms with Crippen molar-refractivity contribution in [3.63, 3.8) is 0 Å². The Bertz CT molecular complexity index is 1050. The van der Waals surface area contributed by atoms with E-state index in [1.165, 1.54) is 18.4 Å². The summed E-state index contributed by atoms with van der Waals surface area (Å²) in [4.78, 5) is 25.8. The van der Waals surface area contributed by atoms with E-state index in [4.69, 9.17) is 4.74 Å². The first kappa shape index (κ1) is 22.9. The van der Waals surface area contributed by atoms with Crippen molar-refractivity contribution in [1.29, 1.82) is 0 Å². The van der Waals surface area contributed by atoms with Crippen molar-refractivity contribution in [2.24, 2.45) is 5.92 Å². The maximum Gasteiger partial charge on any atom is 0.255 e.